The summed E-state index contributed by atoms with van der Waals surface area (Å²) >= 11 is 3.35. The Morgan fingerprint density at radius 3 is 2.67 bits per heavy atom. The molecule has 0 fully saturated rings. The highest BCUT2D eigenvalue weighted by atomic mass is 79.9. The SMILES string of the molecule is COCCOc1ccc(-c2cn3nc(Br)ccc3n2)cc1. The second-order valence-corrected chi connectivity index (χ2v) is 5.26. The minimum atomic E-state index is 0.544. The fourth-order valence-electron chi connectivity index (χ4n) is 1.96. The zero-order valence-corrected chi connectivity index (χ0v) is 13.1. The Bertz CT molecular complexity index is 740. The lowest BCUT2D eigenvalue weighted by Crippen LogP contribution is -2.03. The average Bonchev–Trinajstić information content (AvgIpc) is 2.91. The van der Waals surface area contributed by atoms with Gasteiger partial charge in [-0.2, -0.15) is 5.10 Å². The van der Waals surface area contributed by atoms with Gasteiger partial charge in [-0.25, -0.2) is 9.50 Å². The molecule has 0 radical (unpaired) electrons. The molecule has 5 nitrogen and oxygen atoms in total. The number of aromatic nitrogens is 3. The maximum absolute atomic E-state index is 5.54. The highest BCUT2D eigenvalue weighted by Gasteiger charge is 2.05. The topological polar surface area (TPSA) is 48.7 Å². The van der Waals surface area contributed by atoms with Crippen LogP contribution < -0.4 is 4.74 Å². The maximum Gasteiger partial charge on any atom is 0.154 e. The Labute approximate surface area is 130 Å². The van der Waals surface area contributed by atoms with Gasteiger partial charge in [-0.15, -0.1) is 0 Å². The van der Waals surface area contributed by atoms with Crippen molar-refractivity contribution in [2.75, 3.05) is 20.3 Å². The van der Waals surface area contributed by atoms with E-state index >= 15 is 0 Å². The molecule has 0 N–H and O–H groups in total. The van der Waals surface area contributed by atoms with Gasteiger partial charge in [0.2, 0.25) is 0 Å². The summed E-state index contributed by atoms with van der Waals surface area (Å²) < 4.78 is 13.0. The highest BCUT2D eigenvalue weighted by molar-refractivity contribution is 9.10. The molecule has 3 rings (SSSR count). The van der Waals surface area contributed by atoms with Crippen molar-refractivity contribution in [3.8, 4) is 17.0 Å². The second kappa shape index (κ2) is 6.24. The Kier molecular flexibility index (Phi) is 4.17. The summed E-state index contributed by atoms with van der Waals surface area (Å²) in [6, 6.07) is 11.6. The first kappa shape index (κ1) is 14.0. The molecular weight excluding hydrogens is 334 g/mol. The lowest BCUT2D eigenvalue weighted by Gasteiger charge is -2.05. The van der Waals surface area contributed by atoms with Crippen LogP contribution in [0.3, 0.4) is 0 Å². The van der Waals surface area contributed by atoms with E-state index in [9.17, 15) is 0 Å². The van der Waals surface area contributed by atoms with E-state index < -0.39 is 0 Å². The molecule has 3 aromatic rings. The van der Waals surface area contributed by atoms with Crippen molar-refractivity contribution >= 4 is 21.6 Å². The van der Waals surface area contributed by atoms with Crippen LogP contribution in [0.2, 0.25) is 0 Å². The van der Waals surface area contributed by atoms with E-state index in [1.807, 2.05) is 42.6 Å². The van der Waals surface area contributed by atoms with Gasteiger partial charge in [-0.1, -0.05) is 0 Å². The van der Waals surface area contributed by atoms with E-state index in [0.717, 1.165) is 27.3 Å². The number of halogens is 1. The molecule has 2 aromatic heterocycles. The van der Waals surface area contributed by atoms with E-state index in [0.29, 0.717) is 13.2 Å². The van der Waals surface area contributed by atoms with Crippen molar-refractivity contribution in [2.24, 2.45) is 0 Å². The molecule has 1 aromatic carbocycles. The number of benzene rings is 1. The van der Waals surface area contributed by atoms with E-state index in [4.69, 9.17) is 9.47 Å². The molecule has 0 aliphatic carbocycles. The fourth-order valence-corrected chi connectivity index (χ4v) is 2.27. The first-order valence-electron chi connectivity index (χ1n) is 6.50. The quantitative estimate of drug-likeness (QED) is 0.665. The van der Waals surface area contributed by atoms with Gasteiger partial charge in [0.25, 0.3) is 0 Å². The number of hydrogen-bond donors (Lipinski definition) is 0. The van der Waals surface area contributed by atoms with Crippen molar-refractivity contribution in [2.45, 2.75) is 0 Å². The maximum atomic E-state index is 5.54. The van der Waals surface area contributed by atoms with Crippen LogP contribution in [0.25, 0.3) is 16.9 Å². The number of hydrogen-bond acceptors (Lipinski definition) is 4. The van der Waals surface area contributed by atoms with Gasteiger partial charge in [0, 0.05) is 12.7 Å². The Hall–Kier alpha value is -1.92. The molecule has 0 saturated heterocycles. The van der Waals surface area contributed by atoms with Gasteiger partial charge in [0.05, 0.1) is 18.5 Å². The van der Waals surface area contributed by atoms with E-state index in [-0.39, 0.29) is 0 Å². The molecule has 0 bridgehead atoms. The number of methoxy groups -OCH3 is 1. The predicted octanol–water partition coefficient (Wildman–Crippen LogP) is 3.18. The van der Waals surface area contributed by atoms with Crippen LogP contribution in [-0.2, 0) is 4.74 Å². The number of imidazole rings is 1. The van der Waals surface area contributed by atoms with E-state index in [2.05, 4.69) is 26.0 Å². The zero-order chi connectivity index (χ0) is 14.7. The number of fused-ring (bicyclic) bond motifs is 1. The molecule has 0 aliphatic rings. The van der Waals surface area contributed by atoms with Gasteiger partial charge in [0.15, 0.2) is 5.65 Å². The number of nitrogens with zero attached hydrogens (tertiary/aromatic N) is 3. The Morgan fingerprint density at radius 1 is 1.10 bits per heavy atom. The first-order valence-corrected chi connectivity index (χ1v) is 7.30. The van der Waals surface area contributed by atoms with Crippen molar-refractivity contribution < 1.29 is 9.47 Å². The van der Waals surface area contributed by atoms with E-state index in [1.54, 1.807) is 11.6 Å². The minimum absolute atomic E-state index is 0.544. The molecule has 0 saturated carbocycles. The molecule has 0 aliphatic heterocycles. The van der Waals surface area contributed by atoms with Crippen LogP contribution in [0.15, 0.2) is 47.2 Å². The lowest BCUT2D eigenvalue weighted by atomic mass is 10.2. The molecule has 2 heterocycles. The van der Waals surface area contributed by atoms with Crippen molar-refractivity contribution in [3.63, 3.8) is 0 Å². The van der Waals surface area contributed by atoms with Gasteiger partial charge >= 0.3 is 0 Å². The van der Waals surface area contributed by atoms with Crippen molar-refractivity contribution in [1.82, 2.24) is 14.6 Å². The van der Waals surface area contributed by atoms with Crippen LogP contribution >= 0.6 is 15.9 Å². The van der Waals surface area contributed by atoms with Crippen LogP contribution in [0.1, 0.15) is 0 Å². The summed E-state index contributed by atoms with van der Waals surface area (Å²) in [7, 11) is 1.66. The zero-order valence-electron chi connectivity index (χ0n) is 11.5. The third-order valence-corrected chi connectivity index (χ3v) is 3.42. The van der Waals surface area contributed by atoms with Crippen LogP contribution in [0.5, 0.6) is 5.75 Å². The molecule has 0 amide bonds. The molecular formula is C15H14BrN3O2. The molecule has 6 heteroatoms. The molecule has 0 unspecified atom stereocenters. The number of rotatable bonds is 5. The van der Waals surface area contributed by atoms with Crippen LogP contribution in [0.4, 0.5) is 0 Å². The molecule has 21 heavy (non-hydrogen) atoms. The second-order valence-electron chi connectivity index (χ2n) is 4.45. The van der Waals surface area contributed by atoms with Crippen molar-refractivity contribution in [1.29, 1.82) is 0 Å². The smallest absolute Gasteiger partial charge is 0.154 e. The third-order valence-electron chi connectivity index (χ3n) is 2.99. The fraction of sp³-hybridized carbons (Fsp3) is 0.200. The van der Waals surface area contributed by atoms with Gasteiger partial charge in [-0.05, 0) is 52.3 Å². The minimum Gasteiger partial charge on any atom is -0.491 e. The van der Waals surface area contributed by atoms with Crippen molar-refractivity contribution in [3.05, 3.63) is 47.2 Å². The summed E-state index contributed by atoms with van der Waals surface area (Å²) in [6.07, 6.45) is 1.90. The van der Waals surface area contributed by atoms with Gasteiger partial charge in [0.1, 0.15) is 17.0 Å². The summed E-state index contributed by atoms with van der Waals surface area (Å²) in [5, 5.41) is 4.32. The normalized spacial score (nSPS) is 11.0. The average molecular weight is 348 g/mol. The summed E-state index contributed by atoms with van der Waals surface area (Å²) in [6.45, 7) is 1.12. The van der Waals surface area contributed by atoms with Gasteiger partial charge in [-0.3, -0.25) is 0 Å². The summed E-state index contributed by atoms with van der Waals surface area (Å²) in [5.74, 6) is 0.820. The molecule has 0 atom stereocenters. The monoisotopic (exact) mass is 347 g/mol. The summed E-state index contributed by atoms with van der Waals surface area (Å²) in [5.41, 5.74) is 2.72. The standard InChI is InChI=1S/C15H14BrN3O2/c1-20-8-9-21-12-4-2-11(3-5-12)13-10-19-15(17-13)7-6-14(16)18-19/h2-7,10H,8-9H2,1H3. The molecule has 0 spiro atoms. The Balaban J connectivity index is 1.81. The number of ether oxygens (including phenoxy) is 2. The highest BCUT2D eigenvalue weighted by Crippen LogP contribution is 2.22. The largest absolute Gasteiger partial charge is 0.491 e. The van der Waals surface area contributed by atoms with Crippen LogP contribution in [-0.4, -0.2) is 34.9 Å². The summed E-state index contributed by atoms with van der Waals surface area (Å²) in [4.78, 5) is 4.55. The van der Waals surface area contributed by atoms with Crippen LogP contribution in [0, 0.1) is 0 Å². The first-order chi connectivity index (χ1) is 10.3. The Morgan fingerprint density at radius 2 is 1.90 bits per heavy atom. The third kappa shape index (κ3) is 3.22. The van der Waals surface area contributed by atoms with Gasteiger partial charge < -0.3 is 9.47 Å². The van der Waals surface area contributed by atoms with E-state index in [1.165, 1.54) is 0 Å². The lowest BCUT2D eigenvalue weighted by molar-refractivity contribution is 0.146. The molecule has 108 valence electrons. The predicted molar refractivity (Wildman–Crippen MR) is 83.5 cm³/mol.